The first-order chi connectivity index (χ1) is 6.60. The van der Waals surface area contributed by atoms with E-state index in [1.807, 2.05) is 6.92 Å². The van der Waals surface area contributed by atoms with Crippen LogP contribution in [0.4, 0.5) is 0 Å². The van der Waals surface area contributed by atoms with Gasteiger partial charge in [0.05, 0.1) is 6.61 Å². The van der Waals surface area contributed by atoms with Crippen molar-refractivity contribution < 1.29 is 19.4 Å². The van der Waals surface area contributed by atoms with Crippen LogP contribution in [-0.2, 0) is 14.3 Å². The van der Waals surface area contributed by atoms with E-state index >= 15 is 0 Å². The van der Waals surface area contributed by atoms with Gasteiger partial charge in [-0.05, 0) is 19.8 Å². The molecule has 0 aliphatic heterocycles. The van der Waals surface area contributed by atoms with Crippen LogP contribution in [0.3, 0.4) is 0 Å². The molecule has 0 aromatic carbocycles. The maximum absolute atomic E-state index is 11.0. The minimum Gasteiger partial charge on any atom is -0.481 e. The summed E-state index contributed by atoms with van der Waals surface area (Å²) in [5.41, 5.74) is 0.811. The van der Waals surface area contributed by atoms with Crippen LogP contribution in [0.25, 0.3) is 0 Å². The van der Waals surface area contributed by atoms with E-state index in [-0.39, 0.29) is 6.42 Å². The fourth-order valence-electron chi connectivity index (χ4n) is 0.969. The minimum absolute atomic E-state index is 0.0546. The molecule has 14 heavy (non-hydrogen) atoms. The molecule has 80 valence electrons. The number of carboxylic acid groups (broad SMARTS) is 1. The second-order valence-corrected chi connectivity index (χ2v) is 2.80. The predicted octanol–water partition coefficient (Wildman–Crippen LogP) is 1.75. The van der Waals surface area contributed by atoms with Gasteiger partial charge in [0, 0.05) is 12.5 Å². The molecule has 0 bridgehead atoms. The molecule has 0 aromatic rings. The molecule has 0 aliphatic carbocycles. The maximum atomic E-state index is 11.0. The van der Waals surface area contributed by atoms with Crippen LogP contribution in [0.2, 0.25) is 0 Å². The SMILES string of the molecule is CCOC(=O)/C=C(\CC)CCC(=O)O. The Balaban J connectivity index is 4.10. The van der Waals surface area contributed by atoms with Crippen LogP contribution in [0.15, 0.2) is 11.6 Å². The number of carboxylic acids is 1. The quantitative estimate of drug-likeness (QED) is 0.524. The van der Waals surface area contributed by atoms with E-state index in [4.69, 9.17) is 9.84 Å². The predicted molar refractivity (Wildman–Crippen MR) is 51.9 cm³/mol. The summed E-state index contributed by atoms with van der Waals surface area (Å²) in [6, 6.07) is 0. The summed E-state index contributed by atoms with van der Waals surface area (Å²) in [7, 11) is 0. The molecule has 1 N–H and O–H groups in total. The van der Waals surface area contributed by atoms with Crippen molar-refractivity contribution in [2.45, 2.75) is 33.1 Å². The topological polar surface area (TPSA) is 63.6 Å². The van der Waals surface area contributed by atoms with Crippen LogP contribution in [0.1, 0.15) is 33.1 Å². The Morgan fingerprint density at radius 2 is 1.93 bits per heavy atom. The van der Waals surface area contributed by atoms with E-state index in [1.54, 1.807) is 6.92 Å². The molecule has 0 aromatic heterocycles. The standard InChI is InChI=1S/C10H16O4/c1-3-8(5-6-9(11)12)7-10(13)14-4-2/h7H,3-6H2,1-2H3,(H,11,12)/b8-7+. The Labute approximate surface area is 83.6 Å². The Morgan fingerprint density at radius 1 is 1.29 bits per heavy atom. The Kier molecular flexibility index (Phi) is 6.45. The van der Waals surface area contributed by atoms with Crippen molar-refractivity contribution in [3.05, 3.63) is 11.6 Å². The van der Waals surface area contributed by atoms with Gasteiger partial charge in [-0.1, -0.05) is 12.5 Å². The highest BCUT2D eigenvalue weighted by molar-refractivity contribution is 5.82. The van der Waals surface area contributed by atoms with Gasteiger partial charge in [0.2, 0.25) is 0 Å². The van der Waals surface area contributed by atoms with Crippen molar-refractivity contribution >= 4 is 11.9 Å². The van der Waals surface area contributed by atoms with Crippen LogP contribution in [0, 0.1) is 0 Å². The van der Waals surface area contributed by atoms with Crippen molar-refractivity contribution in [1.29, 1.82) is 0 Å². The Hall–Kier alpha value is -1.32. The number of ether oxygens (including phenoxy) is 1. The first kappa shape index (κ1) is 12.7. The molecule has 0 saturated heterocycles. The van der Waals surface area contributed by atoms with Gasteiger partial charge in [0.25, 0.3) is 0 Å². The number of hydrogen-bond acceptors (Lipinski definition) is 3. The van der Waals surface area contributed by atoms with E-state index in [0.29, 0.717) is 19.4 Å². The fraction of sp³-hybridized carbons (Fsp3) is 0.600. The monoisotopic (exact) mass is 200 g/mol. The highest BCUT2D eigenvalue weighted by atomic mass is 16.5. The molecule has 0 amide bonds. The molecule has 0 radical (unpaired) electrons. The van der Waals surface area contributed by atoms with Gasteiger partial charge in [0.1, 0.15) is 0 Å². The molecule has 0 unspecified atom stereocenters. The zero-order chi connectivity index (χ0) is 11.0. The Morgan fingerprint density at radius 3 is 2.36 bits per heavy atom. The van der Waals surface area contributed by atoms with Crippen LogP contribution < -0.4 is 0 Å². The van der Waals surface area contributed by atoms with Crippen molar-refractivity contribution in [1.82, 2.24) is 0 Å². The molecular weight excluding hydrogens is 184 g/mol. The molecule has 0 aliphatic rings. The number of allylic oxidation sites excluding steroid dienone is 1. The first-order valence-corrected chi connectivity index (χ1v) is 4.68. The highest BCUT2D eigenvalue weighted by Gasteiger charge is 2.03. The third kappa shape index (κ3) is 6.22. The summed E-state index contributed by atoms with van der Waals surface area (Å²) in [6.45, 7) is 3.95. The lowest BCUT2D eigenvalue weighted by molar-refractivity contribution is -0.138. The van der Waals surface area contributed by atoms with Gasteiger partial charge in [0.15, 0.2) is 0 Å². The average Bonchev–Trinajstić information content (AvgIpc) is 2.12. The second kappa shape index (κ2) is 7.12. The average molecular weight is 200 g/mol. The largest absolute Gasteiger partial charge is 0.481 e. The van der Waals surface area contributed by atoms with Gasteiger partial charge in [-0.15, -0.1) is 0 Å². The van der Waals surface area contributed by atoms with E-state index in [0.717, 1.165) is 5.57 Å². The van der Waals surface area contributed by atoms with Crippen LogP contribution in [0.5, 0.6) is 0 Å². The summed E-state index contributed by atoms with van der Waals surface area (Å²) in [5.74, 6) is -1.25. The summed E-state index contributed by atoms with van der Waals surface area (Å²) in [5, 5.41) is 8.45. The van der Waals surface area contributed by atoms with Crippen molar-refractivity contribution in [3.8, 4) is 0 Å². The molecule has 0 fully saturated rings. The number of carbonyl (C=O) groups is 2. The number of carbonyl (C=O) groups excluding carboxylic acids is 1. The van der Waals surface area contributed by atoms with E-state index < -0.39 is 11.9 Å². The first-order valence-electron chi connectivity index (χ1n) is 4.68. The van der Waals surface area contributed by atoms with Crippen molar-refractivity contribution in [2.24, 2.45) is 0 Å². The fourth-order valence-corrected chi connectivity index (χ4v) is 0.969. The van der Waals surface area contributed by atoms with Gasteiger partial charge in [-0.25, -0.2) is 4.79 Å². The van der Waals surface area contributed by atoms with E-state index in [1.165, 1.54) is 6.08 Å². The smallest absolute Gasteiger partial charge is 0.330 e. The maximum Gasteiger partial charge on any atom is 0.330 e. The zero-order valence-corrected chi connectivity index (χ0v) is 8.58. The van der Waals surface area contributed by atoms with Gasteiger partial charge in [-0.3, -0.25) is 4.79 Å². The molecule has 4 nitrogen and oxygen atoms in total. The third-order valence-electron chi connectivity index (χ3n) is 1.72. The normalized spacial score (nSPS) is 11.1. The Bertz CT molecular complexity index is 230. The summed E-state index contributed by atoms with van der Waals surface area (Å²) in [4.78, 5) is 21.3. The lowest BCUT2D eigenvalue weighted by atomic mass is 10.1. The molecule has 0 spiro atoms. The summed E-state index contributed by atoms with van der Waals surface area (Å²) in [6.07, 6.45) is 2.52. The molecule has 0 rings (SSSR count). The number of aliphatic carboxylic acids is 1. The van der Waals surface area contributed by atoms with Gasteiger partial charge < -0.3 is 9.84 Å². The van der Waals surface area contributed by atoms with Crippen LogP contribution >= 0.6 is 0 Å². The number of hydrogen-bond donors (Lipinski definition) is 1. The molecule has 0 saturated carbocycles. The lowest BCUT2D eigenvalue weighted by Gasteiger charge is -2.02. The number of rotatable bonds is 6. The molecule has 0 atom stereocenters. The minimum atomic E-state index is -0.854. The van der Waals surface area contributed by atoms with Gasteiger partial charge in [-0.2, -0.15) is 0 Å². The van der Waals surface area contributed by atoms with Crippen LogP contribution in [-0.4, -0.2) is 23.7 Å². The molecule has 0 heterocycles. The summed E-state index contributed by atoms with van der Waals surface area (Å²) >= 11 is 0. The lowest BCUT2D eigenvalue weighted by Crippen LogP contribution is -2.02. The van der Waals surface area contributed by atoms with E-state index in [9.17, 15) is 9.59 Å². The highest BCUT2D eigenvalue weighted by Crippen LogP contribution is 2.09. The van der Waals surface area contributed by atoms with Crippen molar-refractivity contribution in [2.75, 3.05) is 6.61 Å². The van der Waals surface area contributed by atoms with Crippen molar-refractivity contribution in [3.63, 3.8) is 0 Å². The summed E-state index contributed by atoms with van der Waals surface area (Å²) < 4.78 is 4.72. The van der Waals surface area contributed by atoms with E-state index in [2.05, 4.69) is 0 Å². The zero-order valence-electron chi connectivity index (χ0n) is 8.58. The third-order valence-corrected chi connectivity index (χ3v) is 1.72. The second-order valence-electron chi connectivity index (χ2n) is 2.80. The van der Waals surface area contributed by atoms with Gasteiger partial charge >= 0.3 is 11.9 Å². The molecular formula is C10H16O4. The number of esters is 1. The molecule has 4 heteroatoms.